The van der Waals surface area contributed by atoms with Crippen LogP contribution in [-0.2, 0) is 6.42 Å². The lowest BCUT2D eigenvalue weighted by Gasteiger charge is -2.20. The first-order chi connectivity index (χ1) is 8.19. The highest BCUT2D eigenvalue weighted by Gasteiger charge is 2.12. The number of nitrogens with one attached hydrogen (secondary N) is 1. The summed E-state index contributed by atoms with van der Waals surface area (Å²) < 4.78 is 2.34. The van der Waals surface area contributed by atoms with Crippen molar-refractivity contribution in [1.82, 2.24) is 14.9 Å². The van der Waals surface area contributed by atoms with Crippen molar-refractivity contribution in [1.29, 1.82) is 0 Å². The van der Waals surface area contributed by atoms with E-state index in [0.29, 0.717) is 12.0 Å². The van der Waals surface area contributed by atoms with E-state index in [4.69, 9.17) is 0 Å². The lowest BCUT2D eigenvalue weighted by atomic mass is 10.2. The maximum Gasteiger partial charge on any atom is 0.108 e. The molecular weight excluding hydrogens is 210 g/mol. The summed E-state index contributed by atoms with van der Waals surface area (Å²) in [6, 6.07) is 0.540. The van der Waals surface area contributed by atoms with Crippen LogP contribution >= 0.6 is 0 Å². The van der Waals surface area contributed by atoms with Gasteiger partial charge in [0.1, 0.15) is 5.82 Å². The molecule has 3 nitrogen and oxygen atoms in total. The van der Waals surface area contributed by atoms with E-state index in [1.54, 1.807) is 0 Å². The Labute approximate surface area is 106 Å². The van der Waals surface area contributed by atoms with E-state index >= 15 is 0 Å². The van der Waals surface area contributed by atoms with Crippen LogP contribution in [-0.4, -0.2) is 22.6 Å². The Morgan fingerprint density at radius 1 is 1.29 bits per heavy atom. The van der Waals surface area contributed by atoms with E-state index in [1.807, 2.05) is 6.20 Å². The van der Waals surface area contributed by atoms with Gasteiger partial charge in [0, 0.05) is 31.4 Å². The second-order valence-electron chi connectivity index (χ2n) is 5.11. The van der Waals surface area contributed by atoms with Gasteiger partial charge in [0.25, 0.3) is 0 Å². The molecule has 1 aromatic rings. The number of imidazole rings is 1. The number of hydrogen-bond acceptors (Lipinski definition) is 2. The van der Waals surface area contributed by atoms with Crippen molar-refractivity contribution < 1.29 is 0 Å². The van der Waals surface area contributed by atoms with E-state index < -0.39 is 0 Å². The molecule has 1 atom stereocenters. The van der Waals surface area contributed by atoms with Crippen LogP contribution in [0, 0.1) is 5.92 Å². The second-order valence-corrected chi connectivity index (χ2v) is 5.11. The molecule has 0 aromatic carbocycles. The molecule has 3 heteroatoms. The van der Waals surface area contributed by atoms with E-state index in [-0.39, 0.29) is 0 Å². The van der Waals surface area contributed by atoms with Gasteiger partial charge in [-0.15, -0.1) is 0 Å². The minimum Gasteiger partial charge on any atom is -0.331 e. The minimum atomic E-state index is 0.540. The summed E-state index contributed by atoms with van der Waals surface area (Å²) in [7, 11) is 0. The first-order valence-corrected chi connectivity index (χ1v) is 6.91. The number of aromatic nitrogens is 2. The van der Waals surface area contributed by atoms with Gasteiger partial charge >= 0.3 is 0 Å². The average molecular weight is 237 g/mol. The highest BCUT2D eigenvalue weighted by molar-refractivity contribution is 4.95. The highest BCUT2D eigenvalue weighted by atomic mass is 15.1. The Hall–Kier alpha value is -0.830. The Bertz CT molecular complexity index is 304. The first kappa shape index (κ1) is 14.2. The van der Waals surface area contributed by atoms with Crippen molar-refractivity contribution in [3.05, 3.63) is 18.2 Å². The van der Waals surface area contributed by atoms with Crippen LogP contribution in [0.25, 0.3) is 0 Å². The molecule has 1 rings (SSSR count). The SMILES string of the molecule is CCCc1nccn1C(CC)CNCC(C)C. The molecule has 0 spiro atoms. The Morgan fingerprint density at radius 3 is 2.65 bits per heavy atom. The molecule has 1 unspecified atom stereocenters. The first-order valence-electron chi connectivity index (χ1n) is 6.91. The van der Waals surface area contributed by atoms with Gasteiger partial charge in [-0.25, -0.2) is 4.98 Å². The van der Waals surface area contributed by atoms with Crippen LogP contribution < -0.4 is 5.32 Å². The van der Waals surface area contributed by atoms with Gasteiger partial charge in [-0.05, 0) is 25.3 Å². The van der Waals surface area contributed by atoms with Crippen molar-refractivity contribution in [2.45, 2.75) is 53.0 Å². The summed E-state index contributed by atoms with van der Waals surface area (Å²) in [5, 5.41) is 3.54. The largest absolute Gasteiger partial charge is 0.331 e. The maximum absolute atomic E-state index is 4.45. The molecular formula is C14H27N3. The van der Waals surface area contributed by atoms with E-state index in [2.05, 4.69) is 48.8 Å². The summed E-state index contributed by atoms with van der Waals surface area (Å²) in [5.41, 5.74) is 0. The zero-order valence-electron chi connectivity index (χ0n) is 11.7. The maximum atomic E-state index is 4.45. The standard InChI is InChI=1S/C14H27N3/c1-5-7-14-16-8-9-17(14)13(6-2)11-15-10-12(3)4/h8-9,12-13,15H,5-7,10-11H2,1-4H3. The fourth-order valence-electron chi connectivity index (χ4n) is 2.07. The monoisotopic (exact) mass is 237 g/mol. The molecule has 0 amide bonds. The van der Waals surface area contributed by atoms with Crippen LogP contribution in [0.15, 0.2) is 12.4 Å². The average Bonchev–Trinajstić information content (AvgIpc) is 2.73. The molecule has 1 heterocycles. The van der Waals surface area contributed by atoms with Gasteiger partial charge in [0.15, 0.2) is 0 Å². The molecule has 1 aromatic heterocycles. The Morgan fingerprint density at radius 2 is 2.06 bits per heavy atom. The van der Waals surface area contributed by atoms with Gasteiger partial charge in [-0.3, -0.25) is 0 Å². The summed E-state index contributed by atoms with van der Waals surface area (Å²) >= 11 is 0. The smallest absolute Gasteiger partial charge is 0.108 e. The topological polar surface area (TPSA) is 29.9 Å². The molecule has 0 aliphatic rings. The van der Waals surface area contributed by atoms with E-state index in [9.17, 15) is 0 Å². The van der Waals surface area contributed by atoms with Crippen molar-refractivity contribution in [3.8, 4) is 0 Å². The van der Waals surface area contributed by atoms with Gasteiger partial charge in [0.2, 0.25) is 0 Å². The summed E-state index contributed by atoms with van der Waals surface area (Å²) in [6.07, 6.45) is 7.44. The quantitative estimate of drug-likeness (QED) is 0.753. The van der Waals surface area contributed by atoms with Gasteiger partial charge < -0.3 is 9.88 Å². The molecule has 1 N–H and O–H groups in total. The molecule has 0 aliphatic carbocycles. The highest BCUT2D eigenvalue weighted by Crippen LogP contribution is 2.14. The van der Waals surface area contributed by atoms with Gasteiger partial charge in [-0.2, -0.15) is 0 Å². The second kappa shape index (κ2) is 7.49. The lowest BCUT2D eigenvalue weighted by Crippen LogP contribution is -2.28. The van der Waals surface area contributed by atoms with Gasteiger partial charge in [-0.1, -0.05) is 27.7 Å². The third-order valence-corrected chi connectivity index (χ3v) is 3.02. The predicted octanol–water partition coefficient (Wildman–Crippen LogP) is 3.03. The molecule has 17 heavy (non-hydrogen) atoms. The van der Waals surface area contributed by atoms with Crippen LogP contribution in [0.3, 0.4) is 0 Å². The summed E-state index contributed by atoms with van der Waals surface area (Å²) in [5.74, 6) is 1.94. The molecule has 0 fully saturated rings. The zero-order valence-corrected chi connectivity index (χ0v) is 11.7. The third kappa shape index (κ3) is 4.50. The van der Waals surface area contributed by atoms with Crippen LogP contribution in [0.4, 0.5) is 0 Å². The third-order valence-electron chi connectivity index (χ3n) is 3.02. The molecule has 98 valence electrons. The molecule has 0 saturated heterocycles. The van der Waals surface area contributed by atoms with E-state index in [0.717, 1.165) is 32.4 Å². The summed E-state index contributed by atoms with van der Waals surface area (Å²) in [6.45, 7) is 11.1. The molecule has 0 aliphatic heterocycles. The molecule has 0 bridgehead atoms. The molecule has 0 saturated carbocycles. The van der Waals surface area contributed by atoms with Crippen molar-refractivity contribution in [3.63, 3.8) is 0 Å². The normalized spacial score (nSPS) is 13.2. The van der Waals surface area contributed by atoms with Crippen molar-refractivity contribution in [2.24, 2.45) is 5.92 Å². The van der Waals surface area contributed by atoms with Gasteiger partial charge in [0.05, 0.1) is 0 Å². The number of hydrogen-bond donors (Lipinski definition) is 1. The minimum absolute atomic E-state index is 0.540. The number of rotatable bonds is 8. The zero-order chi connectivity index (χ0) is 12.7. The molecule has 0 radical (unpaired) electrons. The lowest BCUT2D eigenvalue weighted by molar-refractivity contribution is 0.418. The predicted molar refractivity (Wildman–Crippen MR) is 73.3 cm³/mol. The summed E-state index contributed by atoms with van der Waals surface area (Å²) in [4.78, 5) is 4.45. The van der Waals surface area contributed by atoms with Crippen LogP contribution in [0.2, 0.25) is 0 Å². The Balaban J connectivity index is 2.56. The van der Waals surface area contributed by atoms with E-state index in [1.165, 1.54) is 5.82 Å². The van der Waals surface area contributed by atoms with Crippen LogP contribution in [0.5, 0.6) is 0 Å². The van der Waals surface area contributed by atoms with Crippen LogP contribution in [0.1, 0.15) is 52.4 Å². The van der Waals surface area contributed by atoms with Crippen molar-refractivity contribution >= 4 is 0 Å². The number of aryl methyl sites for hydroxylation is 1. The fourth-order valence-corrected chi connectivity index (χ4v) is 2.07. The Kier molecular flexibility index (Phi) is 6.27. The number of nitrogens with zero attached hydrogens (tertiary/aromatic N) is 2. The fraction of sp³-hybridized carbons (Fsp3) is 0.786. The van der Waals surface area contributed by atoms with Crippen molar-refractivity contribution in [2.75, 3.05) is 13.1 Å².